The van der Waals surface area contributed by atoms with Crippen LogP contribution in [0.15, 0.2) is 38.6 Å². The van der Waals surface area contributed by atoms with Gasteiger partial charge in [-0.15, -0.1) is 6.42 Å². The molecule has 4 aromatic rings. The molecule has 0 aliphatic heterocycles. The first kappa shape index (κ1) is 22.0. The van der Waals surface area contributed by atoms with Crippen LogP contribution >= 0.6 is 0 Å². The molecule has 0 saturated heterocycles. The summed E-state index contributed by atoms with van der Waals surface area (Å²) >= 11 is 0. The third-order valence-electron chi connectivity index (χ3n) is 5.55. The van der Waals surface area contributed by atoms with Gasteiger partial charge in [-0.1, -0.05) is 31.4 Å². The van der Waals surface area contributed by atoms with Gasteiger partial charge < -0.3 is 9.84 Å². The number of fused-ring (bicyclic) bond motifs is 3. The van der Waals surface area contributed by atoms with Gasteiger partial charge in [0.2, 0.25) is 11.7 Å². The van der Waals surface area contributed by atoms with E-state index >= 15 is 0 Å². The van der Waals surface area contributed by atoms with Crippen molar-refractivity contribution in [3.63, 3.8) is 0 Å². The molecule has 0 saturated carbocycles. The molecule has 0 bridgehead atoms. The van der Waals surface area contributed by atoms with E-state index < -0.39 is 16.8 Å². The number of terminal acetylenes is 1. The second-order valence-corrected chi connectivity index (χ2v) is 7.71. The molecule has 3 heterocycles. The smallest absolute Gasteiger partial charge is 0.332 e. The number of aromatic nitrogens is 5. The van der Waals surface area contributed by atoms with Crippen LogP contribution in [0.5, 0.6) is 11.6 Å². The maximum atomic E-state index is 13.3. The predicted molar refractivity (Wildman–Crippen MR) is 123 cm³/mol. The molecule has 10 nitrogen and oxygen atoms in total. The molecule has 0 aliphatic rings. The van der Waals surface area contributed by atoms with Crippen LogP contribution < -0.4 is 21.5 Å². The first-order valence-electron chi connectivity index (χ1n) is 10.4. The standard InChI is InChI=1S/C23H23N5O5/c1-5-7-16-19(29)27(13-14-8-10-15(11-9-14)33-12-6-2)22-24-18-17(28(22)20(16)30)21(31)26(4)23(32)25(18)3/h2,8-11,29H,5,7,12-13H2,1,3-4H3. The van der Waals surface area contributed by atoms with E-state index in [9.17, 15) is 19.5 Å². The van der Waals surface area contributed by atoms with E-state index in [2.05, 4.69) is 10.9 Å². The lowest BCUT2D eigenvalue weighted by atomic mass is 10.1. The number of ether oxygens (including phenoxy) is 1. The van der Waals surface area contributed by atoms with Gasteiger partial charge in [-0.3, -0.25) is 23.3 Å². The summed E-state index contributed by atoms with van der Waals surface area (Å²) in [7, 11) is 2.83. The van der Waals surface area contributed by atoms with Gasteiger partial charge >= 0.3 is 5.69 Å². The van der Waals surface area contributed by atoms with Crippen molar-refractivity contribution < 1.29 is 9.84 Å². The van der Waals surface area contributed by atoms with E-state index in [4.69, 9.17) is 11.2 Å². The molecule has 1 aromatic carbocycles. The van der Waals surface area contributed by atoms with E-state index in [1.165, 1.54) is 27.6 Å². The van der Waals surface area contributed by atoms with Gasteiger partial charge in [-0.25, -0.2) is 9.20 Å². The summed E-state index contributed by atoms with van der Waals surface area (Å²) in [6.07, 6.45) is 6.14. The molecule has 0 unspecified atom stereocenters. The van der Waals surface area contributed by atoms with E-state index in [1.54, 1.807) is 24.3 Å². The van der Waals surface area contributed by atoms with Crippen molar-refractivity contribution in [3.8, 4) is 24.0 Å². The molecule has 0 amide bonds. The molecular formula is C23H23N5O5. The summed E-state index contributed by atoms with van der Waals surface area (Å²) in [5.74, 6) is 2.84. The fourth-order valence-corrected chi connectivity index (χ4v) is 3.86. The van der Waals surface area contributed by atoms with Gasteiger partial charge in [0, 0.05) is 14.1 Å². The molecule has 1 N–H and O–H groups in total. The third-order valence-corrected chi connectivity index (χ3v) is 5.55. The van der Waals surface area contributed by atoms with Gasteiger partial charge in [-0.05, 0) is 24.1 Å². The fraction of sp³-hybridized carbons (Fsp3) is 0.304. The summed E-state index contributed by atoms with van der Waals surface area (Å²) in [5.41, 5.74) is -0.696. The molecule has 0 aliphatic carbocycles. The molecule has 0 radical (unpaired) electrons. The zero-order chi connectivity index (χ0) is 23.9. The van der Waals surface area contributed by atoms with Crippen molar-refractivity contribution in [3.05, 3.63) is 66.6 Å². The molecule has 33 heavy (non-hydrogen) atoms. The van der Waals surface area contributed by atoms with Crippen LogP contribution in [-0.2, 0) is 27.1 Å². The summed E-state index contributed by atoms with van der Waals surface area (Å²) in [4.78, 5) is 43.1. The Kier molecular flexibility index (Phi) is 5.55. The highest BCUT2D eigenvalue weighted by atomic mass is 16.5. The number of hydrogen-bond acceptors (Lipinski definition) is 6. The predicted octanol–water partition coefficient (Wildman–Crippen LogP) is 0.765. The molecule has 10 heteroatoms. The minimum absolute atomic E-state index is 0.0104. The van der Waals surface area contributed by atoms with Crippen LogP contribution in [0.4, 0.5) is 0 Å². The Morgan fingerprint density at radius 3 is 2.42 bits per heavy atom. The Balaban J connectivity index is 2.01. The van der Waals surface area contributed by atoms with Crippen LogP contribution in [0.2, 0.25) is 0 Å². The number of benzene rings is 1. The van der Waals surface area contributed by atoms with Crippen molar-refractivity contribution in [1.29, 1.82) is 0 Å². The van der Waals surface area contributed by atoms with Crippen molar-refractivity contribution in [2.24, 2.45) is 14.1 Å². The molecule has 0 fully saturated rings. The first-order valence-corrected chi connectivity index (χ1v) is 10.4. The Morgan fingerprint density at radius 1 is 1.09 bits per heavy atom. The van der Waals surface area contributed by atoms with Crippen LogP contribution in [0.1, 0.15) is 24.5 Å². The highest BCUT2D eigenvalue weighted by Crippen LogP contribution is 2.23. The van der Waals surface area contributed by atoms with Gasteiger partial charge in [0.05, 0.1) is 12.1 Å². The number of hydrogen-bond donors (Lipinski definition) is 1. The molecular weight excluding hydrogens is 426 g/mol. The summed E-state index contributed by atoms with van der Waals surface area (Å²) in [6, 6.07) is 7.10. The number of aryl methyl sites for hydroxylation is 1. The second-order valence-electron chi connectivity index (χ2n) is 7.71. The maximum absolute atomic E-state index is 13.3. The molecule has 4 rings (SSSR count). The van der Waals surface area contributed by atoms with Gasteiger partial charge in [0.15, 0.2) is 11.2 Å². The van der Waals surface area contributed by atoms with Gasteiger partial charge in [-0.2, -0.15) is 4.98 Å². The van der Waals surface area contributed by atoms with Crippen molar-refractivity contribution in [1.82, 2.24) is 23.1 Å². The number of aromatic hydroxyl groups is 1. The Labute approximate surface area is 187 Å². The third kappa shape index (κ3) is 3.47. The average molecular weight is 449 g/mol. The normalized spacial score (nSPS) is 11.2. The lowest BCUT2D eigenvalue weighted by Gasteiger charge is -2.14. The average Bonchev–Trinajstić information content (AvgIpc) is 3.22. The molecule has 170 valence electrons. The second kappa shape index (κ2) is 8.35. The summed E-state index contributed by atoms with van der Waals surface area (Å²) in [6.45, 7) is 2.20. The number of nitrogens with zero attached hydrogens (tertiary/aromatic N) is 5. The SMILES string of the molecule is C#CCOc1ccc(Cn2c(O)c(CCC)c(=O)n3c4c(=O)n(C)c(=O)n(C)c4nc23)cc1. The monoisotopic (exact) mass is 449 g/mol. The van der Waals surface area contributed by atoms with E-state index in [0.29, 0.717) is 18.6 Å². The van der Waals surface area contributed by atoms with Gasteiger partial charge in [0.1, 0.15) is 12.4 Å². The number of rotatable bonds is 6. The highest BCUT2D eigenvalue weighted by molar-refractivity contribution is 5.75. The van der Waals surface area contributed by atoms with Crippen molar-refractivity contribution in [2.45, 2.75) is 26.3 Å². The molecule has 3 aromatic heterocycles. The molecule has 0 atom stereocenters. The van der Waals surface area contributed by atoms with E-state index in [-0.39, 0.29) is 41.5 Å². The number of imidazole rings is 1. The zero-order valence-electron chi connectivity index (χ0n) is 18.5. The molecule has 0 spiro atoms. The van der Waals surface area contributed by atoms with Crippen LogP contribution in [0.25, 0.3) is 16.9 Å². The van der Waals surface area contributed by atoms with Crippen LogP contribution in [0.3, 0.4) is 0 Å². The largest absolute Gasteiger partial charge is 0.494 e. The van der Waals surface area contributed by atoms with Crippen molar-refractivity contribution in [2.75, 3.05) is 6.61 Å². The quantitative estimate of drug-likeness (QED) is 0.435. The Morgan fingerprint density at radius 2 is 1.79 bits per heavy atom. The Bertz CT molecular complexity index is 1600. The van der Waals surface area contributed by atoms with Crippen LogP contribution in [-0.4, -0.2) is 34.8 Å². The maximum Gasteiger partial charge on any atom is 0.332 e. The fourth-order valence-electron chi connectivity index (χ4n) is 3.86. The van der Waals surface area contributed by atoms with Gasteiger partial charge in [0.25, 0.3) is 11.1 Å². The topological polar surface area (TPSA) is 113 Å². The summed E-state index contributed by atoms with van der Waals surface area (Å²) < 4.78 is 10.2. The minimum atomic E-state index is -0.632. The van der Waals surface area contributed by atoms with E-state index in [1.807, 2.05) is 6.92 Å². The lowest BCUT2D eigenvalue weighted by molar-refractivity contribution is 0.370. The minimum Gasteiger partial charge on any atom is -0.494 e. The highest BCUT2D eigenvalue weighted by Gasteiger charge is 2.23. The lowest BCUT2D eigenvalue weighted by Crippen LogP contribution is -2.38. The van der Waals surface area contributed by atoms with E-state index in [0.717, 1.165) is 10.1 Å². The van der Waals surface area contributed by atoms with Crippen molar-refractivity contribution >= 4 is 16.9 Å². The first-order chi connectivity index (χ1) is 15.8. The summed E-state index contributed by atoms with van der Waals surface area (Å²) in [5, 5.41) is 11.0. The Hall–Kier alpha value is -4.26. The zero-order valence-corrected chi connectivity index (χ0v) is 18.5. The van der Waals surface area contributed by atoms with Crippen LogP contribution in [0, 0.1) is 12.3 Å².